The highest BCUT2D eigenvalue weighted by molar-refractivity contribution is 8.23. The molecule has 122 valence electrons. The molecule has 0 aliphatic heterocycles. The maximum Gasteiger partial charge on any atom is 0.418 e. The number of hydrogen-bond acceptors (Lipinski definition) is 4. The van der Waals surface area contributed by atoms with E-state index in [1.165, 1.54) is 0 Å². The number of thiocarbonyl (C=S) groups is 1. The van der Waals surface area contributed by atoms with Gasteiger partial charge in [0.15, 0.2) is 0 Å². The van der Waals surface area contributed by atoms with E-state index in [9.17, 15) is 23.3 Å². The molecule has 1 rings (SSSR count). The van der Waals surface area contributed by atoms with Crippen LogP contribution in [0.4, 0.5) is 18.9 Å². The molecule has 0 N–H and O–H groups in total. The predicted octanol–water partition coefficient (Wildman–Crippen LogP) is 4.99. The predicted molar refractivity (Wildman–Crippen MR) is 84.5 cm³/mol. The second kappa shape index (κ2) is 7.47. The van der Waals surface area contributed by atoms with E-state index in [1.807, 2.05) is 13.8 Å². The molecule has 1 aromatic rings. The molecule has 22 heavy (non-hydrogen) atoms. The molecule has 0 unspecified atom stereocenters. The molecule has 0 fully saturated rings. The highest BCUT2D eigenvalue weighted by Crippen LogP contribution is 2.41. The summed E-state index contributed by atoms with van der Waals surface area (Å²) in [6.45, 7) is 4.88. The molecule has 0 radical (unpaired) electrons. The first-order chi connectivity index (χ1) is 10.1. The summed E-state index contributed by atoms with van der Waals surface area (Å²) in [6.07, 6.45) is -4.76. The van der Waals surface area contributed by atoms with Crippen molar-refractivity contribution in [3.63, 3.8) is 0 Å². The Morgan fingerprint density at radius 2 is 1.95 bits per heavy atom. The molecule has 0 aromatic heterocycles. The highest BCUT2D eigenvalue weighted by atomic mass is 35.5. The Morgan fingerprint density at radius 3 is 2.36 bits per heavy atom. The Bertz CT molecular complexity index is 592. The topological polar surface area (TPSA) is 46.4 Å². The number of nitro benzene ring substituents is 1. The van der Waals surface area contributed by atoms with Crippen LogP contribution in [0.1, 0.15) is 19.4 Å². The van der Waals surface area contributed by atoms with Gasteiger partial charge in [-0.25, -0.2) is 0 Å². The standard InChI is InChI=1S/C12H12ClF3N2O2S2/c1-3-17(4-2)11(21)22-10-6-8(13)7(12(14,15)16)5-9(10)18(19)20/h5-6H,3-4H2,1-2H3. The van der Waals surface area contributed by atoms with Crippen LogP contribution in [-0.4, -0.2) is 27.2 Å². The Kier molecular flexibility index (Phi) is 6.45. The summed E-state index contributed by atoms with van der Waals surface area (Å²) in [4.78, 5) is 11.9. The molecule has 0 aliphatic rings. The second-order valence-electron chi connectivity index (χ2n) is 4.09. The van der Waals surface area contributed by atoms with Crippen molar-refractivity contribution in [2.75, 3.05) is 13.1 Å². The molecule has 0 saturated heterocycles. The van der Waals surface area contributed by atoms with Gasteiger partial charge in [-0.1, -0.05) is 35.6 Å². The van der Waals surface area contributed by atoms with E-state index < -0.39 is 27.4 Å². The quantitative estimate of drug-likeness (QED) is 0.322. The number of halogens is 4. The Balaban J connectivity index is 3.28. The smallest absolute Gasteiger partial charge is 0.358 e. The fourth-order valence-electron chi connectivity index (χ4n) is 1.63. The molecule has 1 aromatic carbocycles. The third-order valence-electron chi connectivity index (χ3n) is 2.77. The van der Waals surface area contributed by atoms with Crippen LogP contribution in [0.25, 0.3) is 0 Å². The van der Waals surface area contributed by atoms with Crippen molar-refractivity contribution in [3.05, 3.63) is 32.8 Å². The van der Waals surface area contributed by atoms with Gasteiger partial charge in [-0.05, 0) is 19.9 Å². The molecule has 4 nitrogen and oxygen atoms in total. The van der Waals surface area contributed by atoms with Gasteiger partial charge >= 0.3 is 6.18 Å². The van der Waals surface area contributed by atoms with Crippen LogP contribution < -0.4 is 0 Å². The van der Waals surface area contributed by atoms with Gasteiger partial charge in [0.2, 0.25) is 0 Å². The van der Waals surface area contributed by atoms with Gasteiger partial charge in [0.05, 0.1) is 20.4 Å². The number of nitrogens with zero attached hydrogens (tertiary/aromatic N) is 2. The normalized spacial score (nSPS) is 11.4. The van der Waals surface area contributed by atoms with E-state index >= 15 is 0 Å². The highest BCUT2D eigenvalue weighted by Gasteiger charge is 2.36. The maximum absolute atomic E-state index is 12.8. The lowest BCUT2D eigenvalue weighted by Gasteiger charge is -2.21. The van der Waals surface area contributed by atoms with Crippen molar-refractivity contribution in [3.8, 4) is 0 Å². The van der Waals surface area contributed by atoms with Crippen LogP contribution in [0.3, 0.4) is 0 Å². The Labute approximate surface area is 139 Å². The lowest BCUT2D eigenvalue weighted by molar-refractivity contribution is -0.388. The van der Waals surface area contributed by atoms with Crippen LogP contribution in [-0.2, 0) is 6.18 Å². The van der Waals surface area contributed by atoms with Crippen LogP contribution in [0, 0.1) is 10.1 Å². The minimum Gasteiger partial charge on any atom is -0.358 e. The zero-order valence-electron chi connectivity index (χ0n) is 11.6. The minimum atomic E-state index is -4.76. The largest absolute Gasteiger partial charge is 0.418 e. The Morgan fingerprint density at radius 1 is 1.41 bits per heavy atom. The first-order valence-electron chi connectivity index (χ1n) is 6.13. The van der Waals surface area contributed by atoms with Crippen LogP contribution in [0.5, 0.6) is 0 Å². The van der Waals surface area contributed by atoms with Gasteiger partial charge in [-0.2, -0.15) is 13.2 Å². The zero-order chi connectivity index (χ0) is 17.1. The van der Waals surface area contributed by atoms with Crippen molar-refractivity contribution in [2.24, 2.45) is 0 Å². The average Bonchev–Trinajstić information content (AvgIpc) is 2.38. The maximum atomic E-state index is 12.8. The summed E-state index contributed by atoms with van der Waals surface area (Å²) in [5.41, 5.74) is -1.91. The zero-order valence-corrected chi connectivity index (χ0v) is 14.0. The second-order valence-corrected chi connectivity index (χ2v) is 6.18. The number of alkyl halides is 3. The molecule has 0 amide bonds. The molecule has 0 spiro atoms. The third-order valence-corrected chi connectivity index (χ3v) is 4.57. The first-order valence-corrected chi connectivity index (χ1v) is 7.73. The van der Waals surface area contributed by atoms with Gasteiger partial charge in [0, 0.05) is 19.2 Å². The molecular formula is C12H12ClF3N2O2S2. The number of hydrogen-bond donors (Lipinski definition) is 0. The lowest BCUT2D eigenvalue weighted by Crippen LogP contribution is -2.26. The molecule has 10 heteroatoms. The minimum absolute atomic E-state index is 0.0140. The summed E-state index contributed by atoms with van der Waals surface area (Å²) in [6, 6.07) is 1.37. The van der Waals surface area contributed by atoms with Gasteiger partial charge in [0.25, 0.3) is 5.69 Å². The third kappa shape index (κ3) is 4.47. The summed E-state index contributed by atoms with van der Waals surface area (Å²) >= 11 is 11.6. The molecule has 0 atom stereocenters. The van der Waals surface area contributed by atoms with Crippen molar-refractivity contribution >= 4 is 45.6 Å². The van der Waals surface area contributed by atoms with E-state index in [0.717, 1.165) is 17.8 Å². The van der Waals surface area contributed by atoms with E-state index in [-0.39, 0.29) is 4.90 Å². The number of rotatable bonds is 4. The van der Waals surface area contributed by atoms with Crippen molar-refractivity contribution in [2.45, 2.75) is 24.9 Å². The van der Waals surface area contributed by atoms with Gasteiger partial charge in [-0.15, -0.1) is 0 Å². The first kappa shape index (κ1) is 19.0. The summed E-state index contributed by atoms with van der Waals surface area (Å²) in [5.74, 6) is 0. The molecule has 0 saturated carbocycles. The number of benzene rings is 1. The fourth-order valence-corrected chi connectivity index (χ4v) is 3.48. The fraction of sp³-hybridized carbons (Fsp3) is 0.417. The monoisotopic (exact) mass is 372 g/mol. The van der Waals surface area contributed by atoms with Crippen LogP contribution in [0.15, 0.2) is 17.0 Å². The van der Waals surface area contributed by atoms with Crippen molar-refractivity contribution < 1.29 is 18.1 Å². The summed E-state index contributed by atoms with van der Waals surface area (Å²) < 4.78 is 38.7. The van der Waals surface area contributed by atoms with Crippen molar-refractivity contribution in [1.82, 2.24) is 4.90 Å². The SMILES string of the molecule is CCN(CC)C(=S)Sc1cc(Cl)c(C(F)(F)F)cc1[N+](=O)[O-]. The lowest BCUT2D eigenvalue weighted by atomic mass is 10.2. The van der Waals surface area contributed by atoms with E-state index in [2.05, 4.69) is 0 Å². The van der Waals surface area contributed by atoms with Crippen LogP contribution >= 0.6 is 35.6 Å². The van der Waals surface area contributed by atoms with E-state index in [0.29, 0.717) is 23.5 Å². The molecule has 0 aliphatic carbocycles. The number of thioether (sulfide) groups is 1. The summed E-state index contributed by atoms with van der Waals surface area (Å²) in [7, 11) is 0. The Hall–Kier alpha value is -1.06. The van der Waals surface area contributed by atoms with Gasteiger partial charge in [0.1, 0.15) is 4.32 Å². The molecule has 0 bridgehead atoms. The number of nitro groups is 1. The van der Waals surface area contributed by atoms with E-state index in [4.69, 9.17) is 23.8 Å². The van der Waals surface area contributed by atoms with Gasteiger partial charge < -0.3 is 4.90 Å². The van der Waals surface area contributed by atoms with Crippen LogP contribution in [0.2, 0.25) is 5.02 Å². The van der Waals surface area contributed by atoms with Crippen molar-refractivity contribution in [1.29, 1.82) is 0 Å². The summed E-state index contributed by atoms with van der Waals surface area (Å²) in [5, 5.41) is 10.4. The van der Waals surface area contributed by atoms with E-state index in [1.54, 1.807) is 4.90 Å². The van der Waals surface area contributed by atoms with Gasteiger partial charge in [-0.3, -0.25) is 10.1 Å². The molecular weight excluding hydrogens is 361 g/mol. The average molecular weight is 373 g/mol. The molecule has 0 heterocycles.